The standard InChI is InChI=1S/C27H36N6O3S.2C26H33ClN8O3S.C24H29ClN6O3S/c1-18-11-12-22(30-37(4,35)36)21(16-18)27(34)32-15-9-6-10-24(32)23-17-25-28-20(3)19(2)26(33(25)29-23)31-13-7-5-8-14-31;2*1-16-12-32(13-16)23-11-25(33-14-18(28)15-33)35-24(29-23)10-21(30-35)22-5-3-4-8-34(22)26(36)19-9-17(27)6-7-20(19)31-39(2,37)38;1-15-12-29(13-15)23-16(2)14-31-22(26-23)11-20(27-31)21-6-4-5-9-30(21)24(32)18-10-17(25)7-8-19(18)28-35(3,33)34/h11-12,16-17,24,30H,5-10,13-15H2,1-4H3;2*6-7,9-11,16,18,22,31H,3-5,8,12-15,28H2,1-2H3;7-8,10-11,14-15,21,28H,4-6,9,12-13H2,1-3H3/t24-;2*22-;21-/m0000/s1. The number of likely N-dealkylation sites (tertiary alicyclic amines) is 4. The second kappa shape index (κ2) is 43.2. The van der Waals surface area contributed by atoms with Crippen LogP contribution in [0.25, 0.3) is 22.6 Å². The predicted molar refractivity (Wildman–Crippen MR) is 587 cm³/mol. The molecular weight excluding hydrogens is 2060 g/mol. The number of carbonyl (C=O) groups is 4. The number of anilines is 10. The number of benzene rings is 4. The SMILES string of the molecule is CC1CN(c2cc(N3CC(N)C3)n3nc([C@@H]4CCCCN4C(=O)c4cc(Cl)ccc4NS(C)(=O)=O)cc3n2)C1.CC1CN(c2cc(N3CC(N)C3)n3nc([C@@H]4CCCCN4C(=O)c4cc(Cl)ccc4NS(C)(=O)=O)cc3n2)C1.Cc1ccc(NS(C)(=O)=O)c(C(=O)N2CCCC[C@H]2c2cc3nc(C)c(C)c(N4CCCCC4)n3n2)c1.Cc1cn2nc([C@@H]3CCCCN3C(=O)c3cc(Cl)ccc3NS(C)(=O)=O)cc2nc1N1CC(C)C1. The van der Waals surface area contributed by atoms with Gasteiger partial charge in [-0.15, -0.1) is 0 Å². The van der Waals surface area contributed by atoms with E-state index in [1.54, 1.807) is 55.6 Å². The van der Waals surface area contributed by atoms with E-state index in [9.17, 15) is 52.8 Å². The van der Waals surface area contributed by atoms with Gasteiger partial charge < -0.3 is 60.5 Å². The number of aromatic nitrogens is 12. The van der Waals surface area contributed by atoms with Crippen LogP contribution in [0.4, 0.5) is 57.7 Å². The number of hydrogen-bond donors (Lipinski definition) is 6. The fraction of sp³-hybridized carbons (Fsp3) is 0.495. The van der Waals surface area contributed by atoms with E-state index < -0.39 is 40.1 Å². The molecule has 0 radical (unpaired) electrons. The number of rotatable bonds is 22. The summed E-state index contributed by atoms with van der Waals surface area (Å²) in [4.78, 5) is 95.8. The molecule has 4 aromatic carbocycles. The Morgan fingerprint density at radius 3 is 1.03 bits per heavy atom. The third kappa shape index (κ3) is 23.5. The number of fused-ring (bicyclic) bond motifs is 4. The maximum Gasteiger partial charge on any atom is 0.256 e. The Labute approximate surface area is 889 Å². The Kier molecular flexibility index (Phi) is 30.6. The highest BCUT2D eigenvalue weighted by atomic mass is 35.5. The highest BCUT2D eigenvalue weighted by Gasteiger charge is 2.42. The van der Waals surface area contributed by atoms with Gasteiger partial charge in [0, 0.05) is 191 Å². The molecule has 150 heavy (non-hydrogen) atoms. The van der Waals surface area contributed by atoms with Crippen molar-refractivity contribution in [2.24, 2.45) is 29.2 Å². The van der Waals surface area contributed by atoms with Gasteiger partial charge in [-0.25, -0.2) is 58.1 Å². The summed E-state index contributed by atoms with van der Waals surface area (Å²) in [6, 6.07) is 30.4. The molecule has 40 nitrogen and oxygen atoms in total. The van der Waals surface area contributed by atoms with Crippen LogP contribution in [0.5, 0.6) is 0 Å². The molecule has 22 rings (SSSR count). The van der Waals surface area contributed by atoms with E-state index >= 15 is 0 Å². The van der Waals surface area contributed by atoms with Gasteiger partial charge in [0.1, 0.15) is 34.9 Å². The number of nitrogens with one attached hydrogen (secondary N) is 4. The molecule has 800 valence electrons. The molecule has 47 heteroatoms. The summed E-state index contributed by atoms with van der Waals surface area (Å²) in [5.74, 6) is 6.73. The molecule has 12 aromatic rings. The van der Waals surface area contributed by atoms with Gasteiger partial charge in [0.2, 0.25) is 40.1 Å². The number of nitrogens with two attached hydrogens (primary N) is 2. The fourth-order valence-electron chi connectivity index (χ4n) is 22.0. The number of nitrogens with zero attached hydrogens (tertiary/aromatic N) is 22. The molecule has 10 aliphatic heterocycles. The van der Waals surface area contributed by atoms with Gasteiger partial charge in [0.15, 0.2) is 22.6 Å². The molecule has 10 fully saturated rings. The van der Waals surface area contributed by atoms with Gasteiger partial charge in [-0.1, -0.05) is 67.2 Å². The molecule has 0 unspecified atom stereocenters. The van der Waals surface area contributed by atoms with Crippen LogP contribution in [0, 0.1) is 45.4 Å². The monoisotopic (exact) mass is 2180 g/mol. The molecule has 18 heterocycles. The lowest BCUT2D eigenvalue weighted by molar-refractivity contribution is 0.0600. The van der Waals surface area contributed by atoms with Crippen LogP contribution in [0.15, 0.2) is 115 Å². The van der Waals surface area contributed by atoms with Crippen molar-refractivity contribution in [2.45, 2.75) is 181 Å². The van der Waals surface area contributed by atoms with Crippen LogP contribution < -0.4 is 59.8 Å². The van der Waals surface area contributed by atoms with Crippen LogP contribution >= 0.6 is 34.8 Å². The van der Waals surface area contributed by atoms with E-state index in [1.165, 1.54) is 55.7 Å². The first kappa shape index (κ1) is 106. The van der Waals surface area contributed by atoms with E-state index in [-0.39, 0.29) is 93.6 Å². The van der Waals surface area contributed by atoms with E-state index in [2.05, 4.69) is 88.1 Å². The highest BCUT2D eigenvalue weighted by Crippen LogP contribution is 2.44. The van der Waals surface area contributed by atoms with Crippen molar-refractivity contribution < 1.29 is 52.8 Å². The Morgan fingerprint density at radius 2 is 0.673 bits per heavy atom. The zero-order chi connectivity index (χ0) is 106. The van der Waals surface area contributed by atoms with Gasteiger partial charge in [0.25, 0.3) is 23.6 Å². The van der Waals surface area contributed by atoms with E-state index in [4.69, 9.17) is 86.6 Å². The molecule has 0 aliphatic carbocycles. The second-order valence-corrected chi connectivity index (χ2v) is 50.6. The number of piperidine rings is 5. The summed E-state index contributed by atoms with van der Waals surface area (Å²) in [5.41, 5.74) is 24.4. The summed E-state index contributed by atoms with van der Waals surface area (Å²) < 4.78 is 113. The third-order valence-electron chi connectivity index (χ3n) is 29.4. The minimum atomic E-state index is -3.59. The van der Waals surface area contributed by atoms with Crippen LogP contribution in [0.3, 0.4) is 0 Å². The van der Waals surface area contributed by atoms with Crippen molar-refractivity contribution in [3.05, 3.63) is 198 Å². The zero-order valence-corrected chi connectivity index (χ0v) is 91.8. The highest BCUT2D eigenvalue weighted by molar-refractivity contribution is 7.92. The van der Waals surface area contributed by atoms with Gasteiger partial charge in [-0.3, -0.25) is 38.1 Å². The number of sulfonamides is 4. The minimum absolute atomic E-state index is 0.134. The van der Waals surface area contributed by atoms with Crippen molar-refractivity contribution in [3.63, 3.8) is 0 Å². The average Bonchev–Trinajstić information content (AvgIpc) is 1.57. The van der Waals surface area contributed by atoms with Crippen LogP contribution in [-0.2, 0) is 40.1 Å². The van der Waals surface area contributed by atoms with Crippen molar-refractivity contribution >= 4 is 179 Å². The lowest BCUT2D eigenvalue weighted by Gasteiger charge is -2.41. The molecule has 4 amide bonds. The summed E-state index contributed by atoms with van der Waals surface area (Å²) in [6.45, 7) is 27.9. The summed E-state index contributed by atoms with van der Waals surface area (Å²) in [6.07, 6.45) is 20.2. The predicted octanol–water partition coefficient (Wildman–Crippen LogP) is 13.7. The molecule has 10 saturated heterocycles. The Morgan fingerprint density at radius 1 is 0.347 bits per heavy atom. The Hall–Kier alpha value is -12.2. The largest absolute Gasteiger partial charge is 0.356 e. The number of hydrogen-bond acceptors (Lipinski definition) is 28. The van der Waals surface area contributed by atoms with E-state index in [1.807, 2.05) is 69.7 Å². The smallest absolute Gasteiger partial charge is 0.256 e. The molecule has 0 bridgehead atoms. The lowest BCUT2D eigenvalue weighted by Crippen LogP contribution is -2.56. The van der Waals surface area contributed by atoms with E-state index in [0.717, 1.165) is 283 Å². The zero-order valence-electron chi connectivity index (χ0n) is 86.2. The van der Waals surface area contributed by atoms with Gasteiger partial charge in [-0.05, 0) is 208 Å². The topological polar surface area (TPSA) is 458 Å². The number of amides is 4. The van der Waals surface area contributed by atoms with Gasteiger partial charge in [-0.2, -0.15) is 33.9 Å². The first-order valence-electron chi connectivity index (χ1n) is 51.5. The number of aryl methyl sites for hydroxylation is 3. The minimum Gasteiger partial charge on any atom is -0.356 e. The fourth-order valence-corrected chi connectivity index (χ4v) is 24.9. The molecule has 4 atom stereocenters. The van der Waals surface area contributed by atoms with Crippen molar-refractivity contribution in [1.29, 1.82) is 0 Å². The van der Waals surface area contributed by atoms with Crippen LogP contribution in [0.2, 0.25) is 15.1 Å². The normalized spacial score (nSPS) is 19.9. The first-order chi connectivity index (χ1) is 71.3. The lowest BCUT2D eigenvalue weighted by atomic mass is 9.97. The van der Waals surface area contributed by atoms with Crippen LogP contribution in [-0.4, -0.2) is 277 Å². The van der Waals surface area contributed by atoms with Crippen molar-refractivity contribution in [2.75, 3.05) is 178 Å². The summed E-state index contributed by atoms with van der Waals surface area (Å²) >= 11 is 18.6. The first-order valence-corrected chi connectivity index (χ1v) is 60.2. The quantitative estimate of drug-likeness (QED) is 0.0367. The molecule has 0 spiro atoms. The van der Waals surface area contributed by atoms with Gasteiger partial charge >= 0.3 is 0 Å². The van der Waals surface area contributed by atoms with Crippen molar-refractivity contribution in [1.82, 2.24) is 78.0 Å². The van der Waals surface area contributed by atoms with Gasteiger partial charge in [0.05, 0.1) is 117 Å². The number of halogens is 3. The second-order valence-electron chi connectivity index (χ2n) is 42.3. The third-order valence-corrected chi connectivity index (χ3v) is 32.5. The molecule has 8 N–H and O–H groups in total. The molecular formula is C103H131Cl3N28O12S4. The maximum atomic E-state index is 13.9. The summed E-state index contributed by atoms with van der Waals surface area (Å²) in [7, 11) is -14.3. The Balaban J connectivity index is 0.000000126. The average molecular weight is 2190 g/mol. The molecule has 0 saturated carbocycles. The Bertz CT molecular complexity index is 7460. The number of carbonyl (C=O) groups excluding carboxylic acids is 4. The maximum absolute atomic E-state index is 13.9. The molecule has 8 aromatic heterocycles. The van der Waals surface area contributed by atoms with Crippen molar-refractivity contribution in [3.8, 4) is 0 Å². The molecule has 10 aliphatic rings. The van der Waals surface area contributed by atoms with E-state index in [0.29, 0.717) is 70.3 Å². The van der Waals surface area contributed by atoms with Crippen LogP contribution in [0.1, 0.15) is 228 Å². The summed E-state index contributed by atoms with van der Waals surface area (Å²) in [5, 5.41) is 20.8.